The van der Waals surface area contributed by atoms with E-state index in [1.165, 1.54) is 43.9 Å². The monoisotopic (exact) mass is 245 g/mol. The van der Waals surface area contributed by atoms with Gasteiger partial charge in [0.1, 0.15) is 0 Å². The topological polar surface area (TPSA) is 26.0 Å². The average molecular weight is 245 g/mol. The van der Waals surface area contributed by atoms with Gasteiger partial charge in [0.2, 0.25) is 0 Å². The summed E-state index contributed by atoms with van der Waals surface area (Å²) in [5, 5.41) is 0. The maximum atomic E-state index is 4.50. The van der Waals surface area contributed by atoms with Crippen molar-refractivity contribution in [3.8, 4) is 0 Å². The van der Waals surface area contributed by atoms with Gasteiger partial charge in [-0.15, -0.1) is 0 Å². The van der Waals surface area contributed by atoms with E-state index in [0.29, 0.717) is 0 Å². The summed E-state index contributed by atoms with van der Waals surface area (Å²) in [6, 6.07) is 10.8. The van der Waals surface area contributed by atoms with E-state index in [4.69, 9.17) is 0 Å². The van der Waals surface area contributed by atoms with Gasteiger partial charge < -0.3 is 5.73 Å². The molecule has 2 atom stereocenters. The molecule has 0 radical (unpaired) electrons. The Bertz CT molecular complexity index is 342. The molecular weight excluding hydrogens is 218 g/mol. The number of aryl methyl sites for hydroxylation is 1. The highest BCUT2D eigenvalue weighted by atomic mass is 14.4. The van der Waals surface area contributed by atoms with E-state index in [-0.39, 0.29) is 0 Å². The van der Waals surface area contributed by atoms with Gasteiger partial charge >= 0.3 is 0 Å². The molecule has 2 unspecified atom stereocenters. The van der Waals surface area contributed by atoms with E-state index in [2.05, 4.69) is 49.6 Å². The zero-order valence-corrected chi connectivity index (χ0v) is 11.9. The number of rotatable bonds is 4. The second-order valence-corrected chi connectivity index (χ2v) is 5.16. The molecule has 1 heteroatoms. The van der Waals surface area contributed by atoms with Crippen LogP contribution in [0.25, 0.3) is 0 Å². The number of hydrogen-bond donors (Lipinski definition) is 1. The Hall–Kier alpha value is -1.08. The Kier molecular flexibility index (Phi) is 6.74. The Morgan fingerprint density at radius 2 is 1.89 bits per heavy atom. The molecule has 1 aliphatic rings. The number of benzene rings is 1. The van der Waals surface area contributed by atoms with Gasteiger partial charge in [0, 0.05) is 0 Å². The lowest BCUT2D eigenvalue weighted by Crippen LogP contribution is -2.07. The summed E-state index contributed by atoms with van der Waals surface area (Å²) >= 11 is 0. The maximum absolute atomic E-state index is 4.50. The lowest BCUT2D eigenvalue weighted by Gasteiger charge is -2.18. The second-order valence-electron chi connectivity index (χ2n) is 5.16. The van der Waals surface area contributed by atoms with E-state index < -0.39 is 0 Å². The smallest absolute Gasteiger partial charge is 0.0180 e. The van der Waals surface area contributed by atoms with Gasteiger partial charge in [-0.05, 0) is 43.7 Å². The molecule has 0 spiro atoms. The first-order valence-electron chi connectivity index (χ1n) is 7.06. The van der Waals surface area contributed by atoms with Crippen LogP contribution in [0, 0.1) is 11.8 Å². The first kappa shape index (κ1) is 15.0. The summed E-state index contributed by atoms with van der Waals surface area (Å²) in [6.07, 6.45) is 6.49. The summed E-state index contributed by atoms with van der Waals surface area (Å²) in [4.78, 5) is 0. The zero-order valence-electron chi connectivity index (χ0n) is 11.9. The highest BCUT2D eigenvalue weighted by Crippen LogP contribution is 2.37. The molecule has 0 aromatic heterocycles. The molecule has 0 bridgehead atoms. The molecule has 1 fully saturated rings. The Morgan fingerprint density at radius 1 is 1.22 bits per heavy atom. The molecule has 1 nitrogen and oxygen atoms in total. The van der Waals surface area contributed by atoms with Crippen LogP contribution in [0.4, 0.5) is 0 Å². The first-order valence-corrected chi connectivity index (χ1v) is 7.06. The van der Waals surface area contributed by atoms with E-state index in [0.717, 1.165) is 18.3 Å². The molecule has 18 heavy (non-hydrogen) atoms. The molecule has 2 N–H and O–H groups in total. The molecule has 1 aliphatic carbocycles. The summed E-state index contributed by atoms with van der Waals surface area (Å²) < 4.78 is 0. The fourth-order valence-electron chi connectivity index (χ4n) is 2.89. The fourth-order valence-corrected chi connectivity index (χ4v) is 2.89. The van der Waals surface area contributed by atoms with Crippen LogP contribution in [0.15, 0.2) is 42.5 Å². The van der Waals surface area contributed by atoms with Gasteiger partial charge in [-0.3, -0.25) is 0 Å². The fraction of sp³-hybridized carbons (Fsp3) is 0.529. The van der Waals surface area contributed by atoms with Gasteiger partial charge in [0.25, 0.3) is 0 Å². The van der Waals surface area contributed by atoms with Crippen LogP contribution in [-0.4, -0.2) is 7.05 Å². The largest absolute Gasteiger partial charge is 0.333 e. The van der Waals surface area contributed by atoms with Crippen molar-refractivity contribution in [3.05, 3.63) is 48.0 Å². The van der Waals surface area contributed by atoms with E-state index in [9.17, 15) is 0 Å². The van der Waals surface area contributed by atoms with Crippen molar-refractivity contribution in [1.29, 1.82) is 0 Å². The molecule has 1 saturated carbocycles. The summed E-state index contributed by atoms with van der Waals surface area (Å²) in [5.41, 5.74) is 7.42. The third-order valence-corrected chi connectivity index (χ3v) is 3.96. The third kappa shape index (κ3) is 4.30. The summed E-state index contributed by atoms with van der Waals surface area (Å²) in [7, 11) is 1.50. The average Bonchev–Trinajstić information content (AvgIpc) is 2.86. The molecule has 100 valence electrons. The number of nitrogens with two attached hydrogens (primary N) is 1. The van der Waals surface area contributed by atoms with Gasteiger partial charge in [0.15, 0.2) is 0 Å². The molecular formula is C17H27N. The van der Waals surface area contributed by atoms with Crippen LogP contribution in [0.5, 0.6) is 0 Å². The molecule has 0 saturated heterocycles. The SMILES string of the molecule is C=C(CCc1ccccc1)C1CCCC1C.CN. The van der Waals surface area contributed by atoms with Crippen LogP contribution in [0.1, 0.15) is 38.2 Å². The predicted octanol–water partition coefficient (Wildman–Crippen LogP) is 4.19. The zero-order chi connectivity index (χ0) is 13.4. The number of hydrogen-bond acceptors (Lipinski definition) is 1. The molecule has 0 amide bonds. The van der Waals surface area contributed by atoms with Crippen LogP contribution in [-0.2, 0) is 6.42 Å². The quantitative estimate of drug-likeness (QED) is 0.791. The minimum atomic E-state index is 0.795. The third-order valence-electron chi connectivity index (χ3n) is 3.96. The van der Waals surface area contributed by atoms with Crippen molar-refractivity contribution in [2.45, 2.75) is 39.0 Å². The highest BCUT2D eigenvalue weighted by molar-refractivity contribution is 5.17. The lowest BCUT2D eigenvalue weighted by atomic mass is 9.87. The summed E-state index contributed by atoms with van der Waals surface area (Å²) in [5.74, 6) is 1.66. The van der Waals surface area contributed by atoms with Crippen molar-refractivity contribution < 1.29 is 0 Å². The minimum absolute atomic E-state index is 0.795. The van der Waals surface area contributed by atoms with E-state index in [1.54, 1.807) is 0 Å². The Labute approximate surface area is 112 Å². The first-order chi connectivity index (χ1) is 8.77. The summed E-state index contributed by atoms with van der Waals surface area (Å²) in [6.45, 7) is 6.68. The van der Waals surface area contributed by atoms with Crippen molar-refractivity contribution in [1.82, 2.24) is 0 Å². The van der Waals surface area contributed by atoms with E-state index >= 15 is 0 Å². The van der Waals surface area contributed by atoms with Crippen LogP contribution in [0.3, 0.4) is 0 Å². The van der Waals surface area contributed by atoms with Gasteiger partial charge in [-0.25, -0.2) is 0 Å². The van der Waals surface area contributed by atoms with Gasteiger partial charge in [-0.1, -0.05) is 62.2 Å². The van der Waals surface area contributed by atoms with Gasteiger partial charge in [0.05, 0.1) is 0 Å². The molecule has 0 heterocycles. The van der Waals surface area contributed by atoms with Crippen LogP contribution >= 0.6 is 0 Å². The van der Waals surface area contributed by atoms with Crippen molar-refractivity contribution in [2.75, 3.05) is 7.05 Å². The predicted molar refractivity (Wildman–Crippen MR) is 80.5 cm³/mol. The van der Waals surface area contributed by atoms with E-state index in [1.807, 2.05) is 0 Å². The highest BCUT2D eigenvalue weighted by Gasteiger charge is 2.24. The molecule has 0 aliphatic heterocycles. The Balaban J connectivity index is 0.000000771. The number of allylic oxidation sites excluding steroid dienone is 1. The molecule has 1 aromatic rings. The second kappa shape index (κ2) is 8.10. The molecule has 1 aromatic carbocycles. The maximum Gasteiger partial charge on any atom is -0.0180 e. The van der Waals surface area contributed by atoms with Crippen molar-refractivity contribution in [3.63, 3.8) is 0 Å². The minimum Gasteiger partial charge on any atom is -0.333 e. The normalized spacial score (nSPS) is 22.2. The standard InChI is InChI=1S/C16H22.CH5N/c1-13-7-6-10-16(13)14(2)11-12-15-8-4-3-5-9-15;1-2/h3-5,8-9,13,16H,2,6-7,10-12H2,1H3;2H2,1H3. The lowest BCUT2D eigenvalue weighted by molar-refractivity contribution is 0.468. The van der Waals surface area contributed by atoms with Crippen LogP contribution in [0.2, 0.25) is 0 Å². The molecule has 2 rings (SSSR count). The Morgan fingerprint density at radius 3 is 2.44 bits per heavy atom. The van der Waals surface area contributed by atoms with Crippen LogP contribution < -0.4 is 5.73 Å². The van der Waals surface area contributed by atoms with Gasteiger partial charge in [-0.2, -0.15) is 0 Å². The van der Waals surface area contributed by atoms with Crippen molar-refractivity contribution >= 4 is 0 Å². The van der Waals surface area contributed by atoms with Crippen molar-refractivity contribution in [2.24, 2.45) is 17.6 Å².